The monoisotopic (exact) mass is 387 g/mol. The van der Waals surface area contributed by atoms with Gasteiger partial charge in [0.25, 0.3) is 0 Å². The summed E-state index contributed by atoms with van der Waals surface area (Å²) in [6.07, 6.45) is 1.91. The Balaban J connectivity index is 1.84. The van der Waals surface area contributed by atoms with E-state index in [-0.39, 0.29) is 5.92 Å². The van der Waals surface area contributed by atoms with Crippen LogP contribution in [0.15, 0.2) is 72.8 Å². The fourth-order valence-corrected chi connectivity index (χ4v) is 4.66. The Labute approximate surface area is 173 Å². The highest BCUT2D eigenvalue weighted by Gasteiger charge is 2.44. The molecule has 1 aliphatic rings. The third kappa shape index (κ3) is 3.68. The number of aryl methyl sites for hydroxylation is 1. The summed E-state index contributed by atoms with van der Waals surface area (Å²) in [5.41, 5.74) is 4.51. The molecule has 2 atom stereocenters. The Kier molecular flexibility index (Phi) is 5.44. The molecular weight excluding hydrogens is 358 g/mol. The van der Waals surface area contributed by atoms with Gasteiger partial charge in [-0.3, -0.25) is 0 Å². The predicted molar refractivity (Wildman–Crippen MR) is 118 cm³/mol. The number of benzene rings is 3. The zero-order chi connectivity index (χ0) is 20.4. The van der Waals surface area contributed by atoms with Crippen LogP contribution in [0.4, 0.5) is 0 Å². The Morgan fingerprint density at radius 3 is 2.48 bits per heavy atom. The minimum absolute atomic E-state index is 0.111. The molecule has 2 unspecified atom stereocenters. The summed E-state index contributed by atoms with van der Waals surface area (Å²) < 4.78 is 5.45. The lowest BCUT2D eigenvalue weighted by molar-refractivity contribution is -0.00649. The lowest BCUT2D eigenvalue weighted by Crippen LogP contribution is -2.45. The van der Waals surface area contributed by atoms with Gasteiger partial charge in [0, 0.05) is 12.5 Å². The molecule has 0 amide bonds. The number of ether oxygens (including phenoxy) is 1. The summed E-state index contributed by atoms with van der Waals surface area (Å²) in [5.74, 6) is 0.882. The quantitative estimate of drug-likeness (QED) is 0.687. The molecule has 0 aromatic heterocycles. The number of methoxy groups -OCH3 is 1. The second-order valence-corrected chi connectivity index (χ2v) is 8.23. The van der Waals surface area contributed by atoms with Gasteiger partial charge in [-0.2, -0.15) is 0 Å². The Morgan fingerprint density at radius 1 is 0.966 bits per heavy atom. The highest BCUT2D eigenvalue weighted by molar-refractivity contribution is 5.66. The van der Waals surface area contributed by atoms with Crippen molar-refractivity contribution in [1.82, 2.24) is 4.90 Å². The molecule has 1 aliphatic carbocycles. The van der Waals surface area contributed by atoms with Crippen molar-refractivity contribution in [3.8, 4) is 16.9 Å². The van der Waals surface area contributed by atoms with Crippen LogP contribution < -0.4 is 4.74 Å². The Morgan fingerprint density at radius 2 is 1.76 bits per heavy atom. The Hall–Kier alpha value is -2.62. The minimum Gasteiger partial charge on any atom is -0.497 e. The zero-order valence-corrected chi connectivity index (χ0v) is 17.4. The van der Waals surface area contributed by atoms with Crippen molar-refractivity contribution >= 4 is 0 Å². The molecule has 0 spiro atoms. The van der Waals surface area contributed by atoms with Crippen LogP contribution in [-0.2, 0) is 12.0 Å². The van der Waals surface area contributed by atoms with Crippen LogP contribution in [0.2, 0.25) is 0 Å². The molecule has 0 heterocycles. The van der Waals surface area contributed by atoms with Crippen LogP contribution in [0.1, 0.15) is 23.1 Å². The molecule has 3 heteroatoms. The van der Waals surface area contributed by atoms with Crippen LogP contribution in [0.3, 0.4) is 0 Å². The van der Waals surface area contributed by atoms with Crippen molar-refractivity contribution in [3.05, 3.63) is 89.5 Å². The highest BCUT2D eigenvalue weighted by Crippen LogP contribution is 2.46. The first kappa shape index (κ1) is 19.7. The van der Waals surface area contributed by atoms with Crippen molar-refractivity contribution in [1.29, 1.82) is 0 Å². The molecule has 29 heavy (non-hydrogen) atoms. The summed E-state index contributed by atoms with van der Waals surface area (Å²) in [7, 11) is 5.81. The SMILES string of the molecule is COc1cccc(C2(O)c3ccc(-c4ccccc4)cc3CCC2CN(C)C)c1. The lowest BCUT2D eigenvalue weighted by atomic mass is 9.67. The summed E-state index contributed by atoms with van der Waals surface area (Å²) in [5, 5.41) is 12.2. The van der Waals surface area contributed by atoms with Gasteiger partial charge in [-0.1, -0.05) is 60.7 Å². The fourth-order valence-electron chi connectivity index (χ4n) is 4.66. The number of aliphatic hydroxyl groups is 1. The van der Waals surface area contributed by atoms with Crippen molar-refractivity contribution in [3.63, 3.8) is 0 Å². The molecule has 0 radical (unpaired) electrons. The summed E-state index contributed by atoms with van der Waals surface area (Å²) in [6, 6.07) is 24.8. The summed E-state index contributed by atoms with van der Waals surface area (Å²) in [4.78, 5) is 2.17. The van der Waals surface area contributed by atoms with E-state index in [1.54, 1.807) is 7.11 Å². The third-order valence-electron chi connectivity index (χ3n) is 6.07. The minimum atomic E-state index is -1.04. The average Bonchev–Trinajstić information content (AvgIpc) is 2.76. The van der Waals surface area contributed by atoms with E-state index < -0.39 is 5.60 Å². The van der Waals surface area contributed by atoms with Gasteiger partial charge in [0.15, 0.2) is 0 Å². The van der Waals surface area contributed by atoms with E-state index in [1.807, 2.05) is 30.3 Å². The number of hydrogen-bond acceptors (Lipinski definition) is 3. The van der Waals surface area contributed by atoms with Crippen LogP contribution in [-0.4, -0.2) is 37.8 Å². The molecule has 0 bridgehead atoms. The molecule has 3 aromatic carbocycles. The van der Waals surface area contributed by atoms with Crippen LogP contribution in [0, 0.1) is 5.92 Å². The predicted octanol–water partition coefficient (Wildman–Crippen LogP) is 4.72. The molecule has 4 rings (SSSR count). The maximum atomic E-state index is 12.2. The molecule has 3 nitrogen and oxygen atoms in total. The van der Waals surface area contributed by atoms with E-state index in [1.165, 1.54) is 16.7 Å². The number of nitrogens with zero attached hydrogens (tertiary/aromatic N) is 1. The van der Waals surface area contributed by atoms with Crippen LogP contribution in [0.25, 0.3) is 11.1 Å². The molecule has 1 N–H and O–H groups in total. The van der Waals surface area contributed by atoms with Gasteiger partial charge in [-0.05, 0) is 66.9 Å². The summed E-state index contributed by atoms with van der Waals surface area (Å²) in [6.45, 7) is 0.827. The van der Waals surface area contributed by atoms with Crippen LogP contribution in [0.5, 0.6) is 5.75 Å². The number of fused-ring (bicyclic) bond motifs is 1. The zero-order valence-electron chi connectivity index (χ0n) is 17.4. The Bertz CT molecular complexity index is 983. The van der Waals surface area contributed by atoms with Crippen LogP contribution >= 0.6 is 0 Å². The van der Waals surface area contributed by atoms with Gasteiger partial charge in [0.2, 0.25) is 0 Å². The highest BCUT2D eigenvalue weighted by atomic mass is 16.5. The maximum Gasteiger partial charge on any atom is 0.119 e. The molecule has 3 aromatic rings. The van der Waals surface area contributed by atoms with Gasteiger partial charge < -0.3 is 14.7 Å². The van der Waals surface area contributed by atoms with E-state index in [9.17, 15) is 5.11 Å². The van der Waals surface area contributed by atoms with E-state index >= 15 is 0 Å². The second-order valence-electron chi connectivity index (χ2n) is 8.23. The van der Waals surface area contributed by atoms with Crippen molar-refractivity contribution in [2.24, 2.45) is 5.92 Å². The van der Waals surface area contributed by atoms with Gasteiger partial charge >= 0.3 is 0 Å². The van der Waals surface area contributed by atoms with Gasteiger partial charge in [0.1, 0.15) is 11.4 Å². The van der Waals surface area contributed by atoms with Gasteiger partial charge in [-0.15, -0.1) is 0 Å². The van der Waals surface area contributed by atoms with Crippen molar-refractivity contribution in [2.75, 3.05) is 27.7 Å². The molecule has 0 aliphatic heterocycles. The molecular formula is C26H29NO2. The molecule has 0 saturated heterocycles. The van der Waals surface area contributed by atoms with Gasteiger partial charge in [0.05, 0.1) is 7.11 Å². The number of hydrogen-bond donors (Lipinski definition) is 1. The topological polar surface area (TPSA) is 32.7 Å². The van der Waals surface area contributed by atoms with E-state index in [4.69, 9.17) is 4.74 Å². The summed E-state index contributed by atoms with van der Waals surface area (Å²) >= 11 is 0. The van der Waals surface area contributed by atoms with Gasteiger partial charge in [-0.25, -0.2) is 0 Å². The standard InChI is InChI=1S/C26H29NO2/c1-27(2)18-23-14-12-21-16-20(19-8-5-4-6-9-19)13-15-25(21)26(23,28)22-10-7-11-24(17-22)29-3/h4-11,13,15-17,23,28H,12,14,18H2,1-3H3. The molecule has 0 fully saturated rings. The first-order valence-electron chi connectivity index (χ1n) is 10.2. The normalized spacial score (nSPS) is 21.1. The average molecular weight is 388 g/mol. The lowest BCUT2D eigenvalue weighted by Gasteiger charge is -2.43. The van der Waals surface area contributed by atoms with E-state index in [0.717, 1.165) is 36.3 Å². The van der Waals surface area contributed by atoms with E-state index in [0.29, 0.717) is 0 Å². The molecule has 150 valence electrons. The smallest absolute Gasteiger partial charge is 0.119 e. The first-order chi connectivity index (χ1) is 14.0. The second kappa shape index (κ2) is 8.02. The third-order valence-corrected chi connectivity index (χ3v) is 6.07. The van der Waals surface area contributed by atoms with Crippen molar-refractivity contribution < 1.29 is 9.84 Å². The van der Waals surface area contributed by atoms with Crippen molar-refractivity contribution in [2.45, 2.75) is 18.4 Å². The fraction of sp³-hybridized carbons (Fsp3) is 0.308. The first-order valence-corrected chi connectivity index (χ1v) is 10.2. The maximum absolute atomic E-state index is 12.2. The van der Waals surface area contributed by atoms with E-state index in [2.05, 4.69) is 61.5 Å². The number of rotatable bonds is 5. The largest absolute Gasteiger partial charge is 0.497 e. The molecule has 0 saturated carbocycles.